The highest BCUT2D eigenvalue weighted by atomic mass is 35.5. The van der Waals surface area contributed by atoms with Crippen LogP contribution in [0.3, 0.4) is 0 Å². The first-order valence-electron chi connectivity index (χ1n) is 6.69. The minimum Gasteiger partial charge on any atom is -0.497 e. The lowest BCUT2D eigenvalue weighted by Gasteiger charge is -2.50. The maximum absolute atomic E-state index is 6.42. The molecule has 0 radical (unpaired) electrons. The zero-order valence-corrected chi connectivity index (χ0v) is 11.5. The van der Waals surface area contributed by atoms with Crippen LogP contribution in [0.4, 0.5) is 0 Å². The van der Waals surface area contributed by atoms with Crippen molar-refractivity contribution in [2.45, 2.75) is 43.6 Å². The van der Waals surface area contributed by atoms with E-state index in [1.54, 1.807) is 7.11 Å². The molecule has 1 spiro atoms. The van der Waals surface area contributed by atoms with Gasteiger partial charge in [0.15, 0.2) is 0 Å². The van der Waals surface area contributed by atoms with Gasteiger partial charge in [-0.15, -0.1) is 11.6 Å². The summed E-state index contributed by atoms with van der Waals surface area (Å²) in [7, 11) is 1.67. The van der Waals surface area contributed by atoms with Crippen LogP contribution in [0, 0.1) is 5.41 Å². The van der Waals surface area contributed by atoms with Crippen LogP contribution in [0.25, 0.3) is 0 Å². The topological polar surface area (TPSA) is 18.5 Å². The van der Waals surface area contributed by atoms with Crippen molar-refractivity contribution in [3.05, 3.63) is 24.3 Å². The predicted octanol–water partition coefficient (Wildman–Crippen LogP) is 4.01. The molecule has 2 fully saturated rings. The Labute approximate surface area is 113 Å². The second-order valence-corrected chi connectivity index (χ2v) is 5.95. The summed E-state index contributed by atoms with van der Waals surface area (Å²) in [6.07, 6.45) is 6.32. The van der Waals surface area contributed by atoms with Crippen LogP contribution >= 0.6 is 11.6 Å². The Bertz CT molecular complexity index is 409. The first-order chi connectivity index (χ1) is 8.74. The number of halogens is 1. The standard InChI is InChI=1S/C15H19ClO2/c1-17-11-4-6-12(7-5-11)18-14-10-13(16)15(14)8-2-3-9-15/h4-7,13-14H,2-3,8-10H2,1H3. The lowest BCUT2D eigenvalue weighted by Crippen LogP contribution is -2.55. The van der Waals surface area contributed by atoms with Crippen LogP contribution in [0.2, 0.25) is 0 Å². The third kappa shape index (κ3) is 1.87. The van der Waals surface area contributed by atoms with Crippen molar-refractivity contribution < 1.29 is 9.47 Å². The largest absolute Gasteiger partial charge is 0.497 e. The molecule has 2 nitrogen and oxygen atoms in total. The summed E-state index contributed by atoms with van der Waals surface area (Å²) < 4.78 is 11.3. The van der Waals surface area contributed by atoms with Crippen LogP contribution in [0.1, 0.15) is 32.1 Å². The number of alkyl halides is 1. The average molecular weight is 267 g/mol. The van der Waals surface area contributed by atoms with Gasteiger partial charge in [0, 0.05) is 17.2 Å². The van der Waals surface area contributed by atoms with Gasteiger partial charge in [-0.2, -0.15) is 0 Å². The van der Waals surface area contributed by atoms with E-state index in [-0.39, 0.29) is 5.41 Å². The summed E-state index contributed by atoms with van der Waals surface area (Å²) in [4.78, 5) is 0. The van der Waals surface area contributed by atoms with E-state index in [9.17, 15) is 0 Å². The van der Waals surface area contributed by atoms with E-state index in [1.165, 1.54) is 25.7 Å². The third-order valence-corrected chi connectivity index (χ3v) is 5.17. The molecule has 3 heteroatoms. The highest BCUT2D eigenvalue weighted by Crippen LogP contribution is 2.57. The van der Waals surface area contributed by atoms with E-state index in [2.05, 4.69) is 0 Å². The normalized spacial score (nSPS) is 29.0. The van der Waals surface area contributed by atoms with Crippen LogP contribution < -0.4 is 9.47 Å². The minimum absolute atomic E-state index is 0.251. The van der Waals surface area contributed by atoms with Gasteiger partial charge in [-0.1, -0.05) is 12.8 Å². The molecule has 2 saturated carbocycles. The number of hydrogen-bond donors (Lipinski definition) is 0. The van der Waals surface area contributed by atoms with Gasteiger partial charge in [0.2, 0.25) is 0 Å². The molecule has 3 rings (SSSR count). The molecule has 2 atom stereocenters. The van der Waals surface area contributed by atoms with Crippen molar-refractivity contribution in [2.75, 3.05) is 7.11 Å². The molecule has 1 aromatic rings. The molecular weight excluding hydrogens is 248 g/mol. The van der Waals surface area contributed by atoms with Gasteiger partial charge in [-0.3, -0.25) is 0 Å². The van der Waals surface area contributed by atoms with Crippen molar-refractivity contribution in [1.82, 2.24) is 0 Å². The van der Waals surface area contributed by atoms with Crippen LogP contribution in [-0.2, 0) is 0 Å². The quantitative estimate of drug-likeness (QED) is 0.770. The number of rotatable bonds is 3. The molecule has 2 aliphatic rings. The summed E-state index contributed by atoms with van der Waals surface area (Å²) in [6.45, 7) is 0. The number of methoxy groups -OCH3 is 1. The SMILES string of the molecule is COc1ccc(OC2CC(Cl)C23CCCC3)cc1. The molecule has 0 amide bonds. The Balaban J connectivity index is 1.69. The van der Waals surface area contributed by atoms with Crippen LogP contribution in [0.15, 0.2) is 24.3 Å². The van der Waals surface area contributed by atoms with Crippen LogP contribution in [-0.4, -0.2) is 18.6 Å². The Kier molecular flexibility index (Phi) is 3.14. The Morgan fingerprint density at radius 3 is 2.28 bits per heavy atom. The Morgan fingerprint density at radius 2 is 1.72 bits per heavy atom. The molecule has 0 heterocycles. The molecule has 2 unspecified atom stereocenters. The Morgan fingerprint density at radius 1 is 1.11 bits per heavy atom. The molecule has 0 aliphatic heterocycles. The van der Waals surface area contributed by atoms with Gasteiger partial charge in [0.1, 0.15) is 17.6 Å². The maximum atomic E-state index is 6.42. The fraction of sp³-hybridized carbons (Fsp3) is 0.600. The molecule has 0 saturated heterocycles. The summed E-state index contributed by atoms with van der Waals surface area (Å²) >= 11 is 6.42. The second-order valence-electron chi connectivity index (χ2n) is 5.43. The predicted molar refractivity (Wildman–Crippen MR) is 72.6 cm³/mol. The number of benzene rings is 1. The molecule has 0 N–H and O–H groups in total. The molecule has 18 heavy (non-hydrogen) atoms. The molecule has 1 aromatic carbocycles. The maximum Gasteiger partial charge on any atom is 0.120 e. The molecular formula is C15H19ClO2. The van der Waals surface area contributed by atoms with Gasteiger partial charge in [-0.05, 0) is 37.1 Å². The van der Waals surface area contributed by atoms with E-state index in [0.717, 1.165) is 17.9 Å². The van der Waals surface area contributed by atoms with Crippen LogP contribution in [0.5, 0.6) is 11.5 Å². The van der Waals surface area contributed by atoms with Crippen molar-refractivity contribution in [3.8, 4) is 11.5 Å². The smallest absolute Gasteiger partial charge is 0.120 e. The first-order valence-corrected chi connectivity index (χ1v) is 7.13. The molecule has 2 aliphatic carbocycles. The van der Waals surface area contributed by atoms with Gasteiger partial charge in [0.25, 0.3) is 0 Å². The molecule has 0 bridgehead atoms. The minimum atomic E-state index is 0.251. The zero-order valence-electron chi connectivity index (χ0n) is 10.7. The zero-order chi connectivity index (χ0) is 12.6. The van der Waals surface area contributed by atoms with Gasteiger partial charge < -0.3 is 9.47 Å². The average Bonchev–Trinajstić information content (AvgIpc) is 2.92. The van der Waals surface area contributed by atoms with Crippen molar-refractivity contribution in [2.24, 2.45) is 5.41 Å². The monoisotopic (exact) mass is 266 g/mol. The second kappa shape index (κ2) is 4.65. The van der Waals surface area contributed by atoms with Gasteiger partial charge in [-0.25, -0.2) is 0 Å². The van der Waals surface area contributed by atoms with Gasteiger partial charge >= 0.3 is 0 Å². The molecule has 0 aromatic heterocycles. The summed E-state index contributed by atoms with van der Waals surface area (Å²) in [6, 6.07) is 7.83. The highest BCUT2D eigenvalue weighted by Gasteiger charge is 2.56. The third-order valence-electron chi connectivity index (χ3n) is 4.56. The highest BCUT2D eigenvalue weighted by molar-refractivity contribution is 6.21. The number of hydrogen-bond acceptors (Lipinski definition) is 2. The fourth-order valence-corrected chi connectivity index (χ4v) is 3.87. The Hall–Kier alpha value is -0.890. The lowest BCUT2D eigenvalue weighted by atomic mass is 9.64. The van der Waals surface area contributed by atoms with E-state index >= 15 is 0 Å². The fourth-order valence-electron chi connectivity index (χ4n) is 3.35. The van der Waals surface area contributed by atoms with Gasteiger partial charge in [0.05, 0.1) is 7.11 Å². The summed E-state index contributed by atoms with van der Waals surface area (Å²) in [5.74, 6) is 1.79. The van der Waals surface area contributed by atoms with E-state index in [1.807, 2.05) is 24.3 Å². The van der Waals surface area contributed by atoms with E-state index in [4.69, 9.17) is 21.1 Å². The first kappa shape index (κ1) is 12.2. The lowest BCUT2D eigenvalue weighted by molar-refractivity contribution is -0.0355. The van der Waals surface area contributed by atoms with Crippen molar-refractivity contribution in [1.29, 1.82) is 0 Å². The number of ether oxygens (including phenoxy) is 2. The van der Waals surface area contributed by atoms with E-state index in [0.29, 0.717) is 11.5 Å². The summed E-state index contributed by atoms with van der Waals surface area (Å²) in [5.41, 5.74) is 0.251. The summed E-state index contributed by atoms with van der Waals surface area (Å²) in [5, 5.41) is 0.309. The molecule has 98 valence electrons. The van der Waals surface area contributed by atoms with E-state index < -0.39 is 0 Å². The van der Waals surface area contributed by atoms with Crippen molar-refractivity contribution >= 4 is 11.6 Å². The van der Waals surface area contributed by atoms with Crippen molar-refractivity contribution in [3.63, 3.8) is 0 Å².